The molecule has 0 saturated carbocycles. The van der Waals surface area contributed by atoms with Crippen LogP contribution in [0.2, 0.25) is 0 Å². The van der Waals surface area contributed by atoms with Gasteiger partial charge in [-0.3, -0.25) is 4.79 Å². The van der Waals surface area contributed by atoms with E-state index in [4.69, 9.17) is 0 Å². The van der Waals surface area contributed by atoms with Crippen LogP contribution >= 0.6 is 0 Å². The van der Waals surface area contributed by atoms with E-state index < -0.39 is 0 Å². The Hall–Kier alpha value is -0.530. The second kappa shape index (κ2) is 4.37. The summed E-state index contributed by atoms with van der Waals surface area (Å²) in [5.41, 5.74) is 0. The first-order valence-electron chi connectivity index (χ1n) is 4.62. The van der Waals surface area contributed by atoms with E-state index in [0.717, 1.165) is 19.3 Å². The van der Waals surface area contributed by atoms with Gasteiger partial charge in [0.25, 0.3) is 0 Å². The molecule has 1 saturated heterocycles. The van der Waals surface area contributed by atoms with Crippen molar-refractivity contribution < 1.29 is 4.79 Å². The number of rotatable bonds is 2. The highest BCUT2D eigenvalue weighted by molar-refractivity contribution is 5.76. The minimum Gasteiger partial charge on any atom is -0.353 e. The summed E-state index contributed by atoms with van der Waals surface area (Å²) in [4.78, 5) is 11.1. The summed E-state index contributed by atoms with van der Waals surface area (Å²) < 4.78 is 0. The number of hydrogen-bond acceptors (Lipinski definition) is 1. The molecule has 2 heteroatoms. The van der Waals surface area contributed by atoms with Crippen LogP contribution in [0.25, 0.3) is 0 Å². The highest BCUT2D eigenvalue weighted by Crippen LogP contribution is 2.12. The van der Waals surface area contributed by atoms with Gasteiger partial charge >= 0.3 is 0 Å². The summed E-state index contributed by atoms with van der Waals surface area (Å²) in [5.74, 6) is 0.251. The van der Waals surface area contributed by atoms with Crippen LogP contribution in [0, 0.1) is 0 Å². The Bertz CT molecular complexity index is 134. The molecule has 2 nitrogen and oxygen atoms in total. The first-order chi connectivity index (χ1) is 5.33. The van der Waals surface area contributed by atoms with E-state index in [1.54, 1.807) is 0 Å². The van der Waals surface area contributed by atoms with Gasteiger partial charge in [0.15, 0.2) is 0 Å². The number of amides is 1. The minimum absolute atomic E-state index is 0.251. The van der Waals surface area contributed by atoms with Gasteiger partial charge in [0.1, 0.15) is 0 Å². The monoisotopic (exact) mass is 155 g/mol. The number of nitrogens with one attached hydrogen (secondary N) is 1. The van der Waals surface area contributed by atoms with Crippen LogP contribution in [0.5, 0.6) is 0 Å². The first kappa shape index (κ1) is 8.57. The van der Waals surface area contributed by atoms with E-state index >= 15 is 0 Å². The highest BCUT2D eigenvalue weighted by Gasteiger charge is 2.14. The van der Waals surface area contributed by atoms with Crippen molar-refractivity contribution >= 4 is 5.91 Å². The van der Waals surface area contributed by atoms with Crippen molar-refractivity contribution in [2.75, 3.05) is 0 Å². The standard InChI is InChI=1S/C9H17NO/c1-2-5-8-6-3-4-7-9(11)10-8/h8H,2-7H2,1H3,(H,10,11)/t8-/m0/s1. The lowest BCUT2D eigenvalue weighted by atomic mass is 10.1. The van der Waals surface area contributed by atoms with Gasteiger partial charge < -0.3 is 5.32 Å². The molecule has 0 unspecified atom stereocenters. The van der Waals surface area contributed by atoms with E-state index in [9.17, 15) is 4.79 Å². The lowest BCUT2D eigenvalue weighted by molar-refractivity contribution is -0.121. The summed E-state index contributed by atoms with van der Waals surface area (Å²) in [6, 6.07) is 0.468. The van der Waals surface area contributed by atoms with Crippen molar-refractivity contribution in [1.82, 2.24) is 5.32 Å². The van der Waals surface area contributed by atoms with E-state index in [1.807, 2.05) is 0 Å². The molecule has 0 aromatic heterocycles. The molecular formula is C9H17NO. The first-order valence-corrected chi connectivity index (χ1v) is 4.62. The topological polar surface area (TPSA) is 29.1 Å². The quantitative estimate of drug-likeness (QED) is 0.647. The molecule has 0 radical (unpaired) electrons. The molecular weight excluding hydrogens is 138 g/mol. The highest BCUT2D eigenvalue weighted by atomic mass is 16.1. The zero-order valence-electron chi connectivity index (χ0n) is 7.23. The number of hydrogen-bond donors (Lipinski definition) is 1. The molecule has 1 N–H and O–H groups in total. The summed E-state index contributed by atoms with van der Waals surface area (Å²) in [6.07, 6.45) is 6.52. The predicted octanol–water partition coefficient (Wildman–Crippen LogP) is 1.85. The van der Waals surface area contributed by atoms with Gasteiger partial charge in [-0.1, -0.05) is 19.8 Å². The average molecular weight is 155 g/mol. The number of carbonyl (C=O) groups excluding carboxylic acids is 1. The summed E-state index contributed by atoms with van der Waals surface area (Å²) in [6.45, 7) is 2.16. The normalized spacial score (nSPS) is 25.9. The Labute approximate surface area is 68.4 Å². The van der Waals surface area contributed by atoms with Gasteiger partial charge in [0.2, 0.25) is 5.91 Å². The van der Waals surface area contributed by atoms with Crippen molar-refractivity contribution in [3.05, 3.63) is 0 Å². The zero-order valence-corrected chi connectivity index (χ0v) is 7.23. The molecule has 11 heavy (non-hydrogen) atoms. The molecule has 64 valence electrons. The second-order valence-electron chi connectivity index (χ2n) is 3.30. The molecule has 1 amide bonds. The Morgan fingerprint density at radius 3 is 3.09 bits per heavy atom. The van der Waals surface area contributed by atoms with Gasteiger partial charge in [0.05, 0.1) is 0 Å². The van der Waals surface area contributed by atoms with Gasteiger partial charge in [0, 0.05) is 12.5 Å². The van der Waals surface area contributed by atoms with Crippen molar-refractivity contribution in [1.29, 1.82) is 0 Å². The zero-order chi connectivity index (χ0) is 8.10. The summed E-state index contributed by atoms with van der Waals surface area (Å²) in [7, 11) is 0. The van der Waals surface area contributed by atoms with Crippen LogP contribution in [0.3, 0.4) is 0 Å². The molecule has 1 rings (SSSR count). The lowest BCUT2D eigenvalue weighted by Crippen LogP contribution is -2.32. The molecule has 0 aliphatic carbocycles. The van der Waals surface area contributed by atoms with E-state index in [2.05, 4.69) is 12.2 Å². The largest absolute Gasteiger partial charge is 0.353 e. The molecule has 1 fully saturated rings. The average Bonchev–Trinajstić information content (AvgIpc) is 2.15. The van der Waals surface area contributed by atoms with Gasteiger partial charge in [-0.2, -0.15) is 0 Å². The van der Waals surface area contributed by atoms with Crippen LogP contribution in [-0.2, 0) is 4.79 Å². The summed E-state index contributed by atoms with van der Waals surface area (Å²) in [5, 5.41) is 3.04. The fourth-order valence-electron chi connectivity index (χ4n) is 1.61. The van der Waals surface area contributed by atoms with Gasteiger partial charge in [-0.15, -0.1) is 0 Å². The van der Waals surface area contributed by atoms with Crippen molar-refractivity contribution in [3.8, 4) is 0 Å². The molecule has 0 aromatic carbocycles. The smallest absolute Gasteiger partial charge is 0.220 e. The molecule has 0 bridgehead atoms. The van der Waals surface area contributed by atoms with Crippen LogP contribution in [-0.4, -0.2) is 11.9 Å². The maximum atomic E-state index is 11.1. The maximum Gasteiger partial charge on any atom is 0.220 e. The van der Waals surface area contributed by atoms with Gasteiger partial charge in [-0.25, -0.2) is 0 Å². The summed E-state index contributed by atoms with van der Waals surface area (Å²) >= 11 is 0. The fourth-order valence-corrected chi connectivity index (χ4v) is 1.61. The molecule has 0 aromatic rings. The van der Waals surface area contributed by atoms with Crippen molar-refractivity contribution in [2.45, 2.75) is 51.5 Å². The Morgan fingerprint density at radius 2 is 2.36 bits per heavy atom. The fraction of sp³-hybridized carbons (Fsp3) is 0.889. The van der Waals surface area contributed by atoms with Crippen LogP contribution in [0.4, 0.5) is 0 Å². The minimum atomic E-state index is 0.251. The van der Waals surface area contributed by atoms with Crippen LogP contribution < -0.4 is 5.32 Å². The Kier molecular flexibility index (Phi) is 3.40. The van der Waals surface area contributed by atoms with E-state index in [0.29, 0.717) is 6.04 Å². The SMILES string of the molecule is CCC[C@H]1CCCCC(=O)N1. The third-order valence-electron chi connectivity index (χ3n) is 2.21. The van der Waals surface area contributed by atoms with Crippen LogP contribution in [0.15, 0.2) is 0 Å². The lowest BCUT2D eigenvalue weighted by Gasteiger charge is -2.13. The van der Waals surface area contributed by atoms with Crippen LogP contribution in [0.1, 0.15) is 45.4 Å². The molecule has 1 aliphatic heterocycles. The van der Waals surface area contributed by atoms with Gasteiger partial charge in [-0.05, 0) is 19.3 Å². The third kappa shape index (κ3) is 2.91. The molecule has 0 spiro atoms. The Balaban J connectivity index is 2.33. The molecule has 1 aliphatic rings. The van der Waals surface area contributed by atoms with E-state index in [1.165, 1.54) is 19.3 Å². The second-order valence-corrected chi connectivity index (χ2v) is 3.30. The molecule has 1 atom stereocenters. The third-order valence-corrected chi connectivity index (χ3v) is 2.21. The molecule has 1 heterocycles. The Morgan fingerprint density at radius 1 is 1.55 bits per heavy atom. The number of carbonyl (C=O) groups is 1. The van der Waals surface area contributed by atoms with Crippen molar-refractivity contribution in [2.24, 2.45) is 0 Å². The maximum absolute atomic E-state index is 11.1. The predicted molar refractivity (Wildman–Crippen MR) is 45.3 cm³/mol. The van der Waals surface area contributed by atoms with E-state index in [-0.39, 0.29) is 5.91 Å². The van der Waals surface area contributed by atoms with Crippen molar-refractivity contribution in [3.63, 3.8) is 0 Å².